The van der Waals surface area contributed by atoms with Gasteiger partial charge in [0.25, 0.3) is 0 Å². The molecule has 0 saturated heterocycles. The van der Waals surface area contributed by atoms with Crippen LogP contribution in [0.3, 0.4) is 0 Å². The standard InChI is InChI=1S/C20H18N4O4/c1-27-19(25)13-7-3-5-9-15(13)23-17-11-18(22-12-21-17)24-16-10-6-4-8-14(16)20(26)28-2/h3-12H,1-2H3,(H2,21,22,23,24). The predicted molar refractivity (Wildman–Crippen MR) is 104 cm³/mol. The minimum atomic E-state index is -0.456. The highest BCUT2D eigenvalue weighted by molar-refractivity contribution is 5.97. The van der Waals surface area contributed by atoms with Gasteiger partial charge >= 0.3 is 11.9 Å². The van der Waals surface area contributed by atoms with E-state index in [1.807, 2.05) is 0 Å². The summed E-state index contributed by atoms with van der Waals surface area (Å²) in [5.41, 5.74) is 1.87. The molecule has 1 heterocycles. The molecule has 28 heavy (non-hydrogen) atoms. The summed E-state index contributed by atoms with van der Waals surface area (Å²) in [5.74, 6) is 0.0128. The van der Waals surface area contributed by atoms with Gasteiger partial charge in [-0.1, -0.05) is 24.3 Å². The highest BCUT2D eigenvalue weighted by Gasteiger charge is 2.13. The smallest absolute Gasteiger partial charge is 0.339 e. The van der Waals surface area contributed by atoms with Crippen LogP contribution in [0.25, 0.3) is 0 Å². The maximum Gasteiger partial charge on any atom is 0.339 e. The van der Waals surface area contributed by atoms with Crippen molar-refractivity contribution in [3.63, 3.8) is 0 Å². The Labute approximate surface area is 161 Å². The Morgan fingerprint density at radius 2 is 1.18 bits per heavy atom. The monoisotopic (exact) mass is 378 g/mol. The van der Waals surface area contributed by atoms with Crippen molar-refractivity contribution in [1.29, 1.82) is 0 Å². The Kier molecular flexibility index (Phi) is 5.81. The first-order valence-electron chi connectivity index (χ1n) is 8.33. The van der Waals surface area contributed by atoms with E-state index in [9.17, 15) is 9.59 Å². The maximum absolute atomic E-state index is 11.9. The number of para-hydroxylation sites is 2. The van der Waals surface area contributed by atoms with Crippen molar-refractivity contribution < 1.29 is 19.1 Å². The number of carbonyl (C=O) groups is 2. The van der Waals surface area contributed by atoms with Crippen LogP contribution in [0.4, 0.5) is 23.0 Å². The van der Waals surface area contributed by atoms with Gasteiger partial charge < -0.3 is 20.1 Å². The van der Waals surface area contributed by atoms with Crippen LogP contribution in [-0.4, -0.2) is 36.1 Å². The third-order valence-corrected chi connectivity index (χ3v) is 3.86. The zero-order chi connectivity index (χ0) is 19.9. The lowest BCUT2D eigenvalue weighted by atomic mass is 10.1. The first-order chi connectivity index (χ1) is 13.6. The number of anilines is 4. The molecular weight excluding hydrogens is 360 g/mol. The van der Waals surface area contributed by atoms with E-state index in [1.54, 1.807) is 54.6 Å². The van der Waals surface area contributed by atoms with Gasteiger partial charge in [0.05, 0.1) is 36.7 Å². The number of nitrogens with one attached hydrogen (secondary N) is 2. The molecule has 8 heteroatoms. The molecule has 2 N–H and O–H groups in total. The van der Waals surface area contributed by atoms with Crippen molar-refractivity contribution in [1.82, 2.24) is 9.97 Å². The molecule has 142 valence electrons. The van der Waals surface area contributed by atoms with Gasteiger partial charge in [0, 0.05) is 6.07 Å². The van der Waals surface area contributed by atoms with E-state index in [1.165, 1.54) is 20.5 Å². The van der Waals surface area contributed by atoms with Crippen LogP contribution >= 0.6 is 0 Å². The highest BCUT2D eigenvalue weighted by Crippen LogP contribution is 2.24. The number of esters is 2. The van der Waals surface area contributed by atoms with Gasteiger partial charge in [0.2, 0.25) is 0 Å². The third kappa shape index (κ3) is 4.24. The first-order valence-corrected chi connectivity index (χ1v) is 8.33. The summed E-state index contributed by atoms with van der Waals surface area (Å²) in [6.45, 7) is 0. The number of aromatic nitrogens is 2. The Hall–Kier alpha value is -3.94. The summed E-state index contributed by atoms with van der Waals surface area (Å²) in [6.07, 6.45) is 1.37. The van der Waals surface area contributed by atoms with Crippen LogP contribution in [0.2, 0.25) is 0 Å². The Morgan fingerprint density at radius 1 is 0.750 bits per heavy atom. The second-order valence-corrected chi connectivity index (χ2v) is 5.61. The summed E-state index contributed by atoms with van der Waals surface area (Å²) in [4.78, 5) is 32.2. The van der Waals surface area contributed by atoms with Gasteiger partial charge in [-0.15, -0.1) is 0 Å². The lowest BCUT2D eigenvalue weighted by Gasteiger charge is -2.12. The van der Waals surface area contributed by atoms with Crippen LogP contribution in [0, 0.1) is 0 Å². The fourth-order valence-electron chi connectivity index (χ4n) is 2.53. The number of carbonyl (C=O) groups excluding carboxylic acids is 2. The summed E-state index contributed by atoms with van der Waals surface area (Å²) in [7, 11) is 2.65. The van der Waals surface area contributed by atoms with Gasteiger partial charge in [-0.25, -0.2) is 19.6 Å². The topological polar surface area (TPSA) is 102 Å². The number of benzene rings is 2. The van der Waals surface area contributed by atoms with E-state index >= 15 is 0 Å². The minimum Gasteiger partial charge on any atom is -0.465 e. The molecule has 0 saturated carbocycles. The largest absolute Gasteiger partial charge is 0.465 e. The van der Waals surface area contributed by atoms with E-state index in [4.69, 9.17) is 9.47 Å². The molecule has 3 rings (SSSR count). The molecule has 0 aliphatic rings. The molecule has 0 fully saturated rings. The van der Waals surface area contributed by atoms with Crippen molar-refractivity contribution >= 4 is 34.9 Å². The summed E-state index contributed by atoms with van der Waals surface area (Å²) in [5, 5.41) is 6.16. The second kappa shape index (κ2) is 8.63. The first kappa shape index (κ1) is 18.8. The second-order valence-electron chi connectivity index (χ2n) is 5.61. The predicted octanol–water partition coefficient (Wildman–Crippen LogP) is 3.54. The van der Waals surface area contributed by atoms with Crippen molar-refractivity contribution in [2.75, 3.05) is 24.9 Å². The zero-order valence-electron chi connectivity index (χ0n) is 15.3. The normalized spacial score (nSPS) is 10.1. The number of rotatable bonds is 6. The molecule has 0 aliphatic heterocycles. The van der Waals surface area contributed by atoms with E-state index in [-0.39, 0.29) is 0 Å². The fourth-order valence-corrected chi connectivity index (χ4v) is 2.53. The molecule has 8 nitrogen and oxygen atoms in total. The lowest BCUT2D eigenvalue weighted by molar-refractivity contribution is 0.0593. The van der Waals surface area contributed by atoms with Crippen molar-refractivity contribution in [2.45, 2.75) is 0 Å². The van der Waals surface area contributed by atoms with Crippen LogP contribution in [0.5, 0.6) is 0 Å². The van der Waals surface area contributed by atoms with Crippen LogP contribution < -0.4 is 10.6 Å². The summed E-state index contributed by atoms with van der Waals surface area (Å²) in [6, 6.07) is 15.5. The van der Waals surface area contributed by atoms with Gasteiger partial charge in [-0.2, -0.15) is 0 Å². The molecule has 0 bridgehead atoms. The molecule has 0 amide bonds. The maximum atomic E-state index is 11.9. The molecule has 0 aliphatic carbocycles. The molecule has 1 aromatic heterocycles. The van der Waals surface area contributed by atoms with Crippen LogP contribution in [-0.2, 0) is 9.47 Å². The molecule has 2 aromatic carbocycles. The van der Waals surface area contributed by atoms with Gasteiger partial charge in [-0.3, -0.25) is 0 Å². The molecule has 0 atom stereocenters. The Morgan fingerprint density at radius 3 is 1.61 bits per heavy atom. The molecule has 0 unspecified atom stereocenters. The molecule has 0 radical (unpaired) electrons. The SMILES string of the molecule is COC(=O)c1ccccc1Nc1cc(Nc2ccccc2C(=O)OC)ncn1. The van der Waals surface area contributed by atoms with Gasteiger partial charge in [0.1, 0.15) is 18.0 Å². The zero-order valence-corrected chi connectivity index (χ0v) is 15.3. The van der Waals surface area contributed by atoms with E-state index < -0.39 is 11.9 Å². The number of hydrogen-bond acceptors (Lipinski definition) is 8. The molecular formula is C20H18N4O4. The van der Waals surface area contributed by atoms with Gasteiger partial charge in [0.15, 0.2) is 0 Å². The number of hydrogen-bond donors (Lipinski definition) is 2. The Balaban J connectivity index is 1.85. The van der Waals surface area contributed by atoms with Crippen molar-refractivity contribution in [2.24, 2.45) is 0 Å². The van der Waals surface area contributed by atoms with Crippen molar-refractivity contribution in [3.8, 4) is 0 Å². The highest BCUT2D eigenvalue weighted by atomic mass is 16.5. The molecule has 3 aromatic rings. The van der Waals surface area contributed by atoms with E-state index in [2.05, 4.69) is 20.6 Å². The number of nitrogens with zero attached hydrogens (tertiary/aromatic N) is 2. The minimum absolute atomic E-state index is 0.383. The third-order valence-electron chi connectivity index (χ3n) is 3.86. The average Bonchev–Trinajstić information content (AvgIpc) is 2.73. The average molecular weight is 378 g/mol. The number of ether oxygens (including phenoxy) is 2. The van der Waals surface area contributed by atoms with Crippen molar-refractivity contribution in [3.05, 3.63) is 72.1 Å². The summed E-state index contributed by atoms with van der Waals surface area (Å²) >= 11 is 0. The lowest BCUT2D eigenvalue weighted by Crippen LogP contribution is -2.07. The summed E-state index contributed by atoms with van der Waals surface area (Å²) < 4.78 is 9.59. The quantitative estimate of drug-likeness (QED) is 0.628. The number of methoxy groups -OCH3 is 2. The van der Waals surface area contributed by atoms with Crippen LogP contribution in [0.15, 0.2) is 60.9 Å². The Bertz CT molecular complexity index is 930. The van der Waals surface area contributed by atoms with E-state index in [0.717, 1.165) is 0 Å². The fraction of sp³-hybridized carbons (Fsp3) is 0.100. The van der Waals surface area contributed by atoms with Gasteiger partial charge in [-0.05, 0) is 24.3 Å². The van der Waals surface area contributed by atoms with Crippen LogP contribution in [0.1, 0.15) is 20.7 Å². The van der Waals surface area contributed by atoms with E-state index in [0.29, 0.717) is 34.1 Å². The molecule has 0 spiro atoms.